The van der Waals surface area contributed by atoms with E-state index in [-0.39, 0.29) is 0 Å². The Hall–Kier alpha value is -1.36. The van der Waals surface area contributed by atoms with Crippen molar-refractivity contribution in [1.29, 1.82) is 0 Å². The zero-order valence-electron chi connectivity index (χ0n) is 9.75. The van der Waals surface area contributed by atoms with Crippen molar-refractivity contribution < 1.29 is 9.47 Å². The maximum atomic E-state index is 5.91. The molecule has 3 rings (SSSR count). The fourth-order valence-corrected chi connectivity index (χ4v) is 2.25. The van der Waals surface area contributed by atoms with Crippen LogP contribution in [-0.4, -0.2) is 22.8 Å². The lowest BCUT2D eigenvalue weighted by Crippen LogP contribution is -2.32. The van der Waals surface area contributed by atoms with E-state index in [0.717, 1.165) is 5.56 Å². The van der Waals surface area contributed by atoms with Crippen LogP contribution in [0, 0.1) is 0 Å². The quantitative estimate of drug-likeness (QED) is 0.854. The van der Waals surface area contributed by atoms with E-state index >= 15 is 0 Å². The molecule has 2 aromatic rings. The minimum Gasteiger partial charge on any atom is -0.342 e. The molecule has 0 bridgehead atoms. The highest BCUT2D eigenvalue weighted by atomic mass is 35.5. The molecule has 0 atom stereocenters. The summed E-state index contributed by atoms with van der Waals surface area (Å²) in [5.74, 6) is -0.731. The van der Waals surface area contributed by atoms with Gasteiger partial charge in [0.15, 0.2) is 0 Å². The Morgan fingerprint density at radius 3 is 2.56 bits per heavy atom. The lowest BCUT2D eigenvalue weighted by Gasteiger charge is -2.28. The number of imidazole rings is 1. The molecule has 0 spiro atoms. The standard InChI is InChI=1S/C13H13ClN2O2/c14-12-3-1-11(2-4-12)13(17-7-8-18-13)9-16-6-5-15-10-16/h1-6,10H,7-9H2. The van der Waals surface area contributed by atoms with E-state index in [0.29, 0.717) is 24.8 Å². The molecule has 1 saturated heterocycles. The van der Waals surface area contributed by atoms with Crippen LogP contribution in [0.3, 0.4) is 0 Å². The predicted octanol–water partition coefficient (Wildman–Crippen LogP) is 2.44. The van der Waals surface area contributed by atoms with Gasteiger partial charge in [-0.25, -0.2) is 4.98 Å². The average molecular weight is 265 g/mol. The Bertz CT molecular complexity index is 504. The molecule has 1 aliphatic rings. The Labute approximate surface area is 110 Å². The Morgan fingerprint density at radius 1 is 1.22 bits per heavy atom. The maximum Gasteiger partial charge on any atom is 0.213 e. The van der Waals surface area contributed by atoms with Crippen LogP contribution in [0.25, 0.3) is 0 Å². The van der Waals surface area contributed by atoms with Gasteiger partial charge in [0.05, 0.1) is 26.1 Å². The topological polar surface area (TPSA) is 36.3 Å². The molecule has 0 N–H and O–H groups in total. The third-order valence-electron chi connectivity index (χ3n) is 2.99. The van der Waals surface area contributed by atoms with Gasteiger partial charge in [0.25, 0.3) is 0 Å². The third-order valence-corrected chi connectivity index (χ3v) is 3.24. The van der Waals surface area contributed by atoms with E-state index < -0.39 is 5.79 Å². The molecule has 5 heteroatoms. The van der Waals surface area contributed by atoms with Gasteiger partial charge in [-0.2, -0.15) is 0 Å². The molecular weight excluding hydrogens is 252 g/mol. The molecular formula is C13H13ClN2O2. The van der Waals surface area contributed by atoms with E-state index in [1.807, 2.05) is 35.0 Å². The van der Waals surface area contributed by atoms with E-state index in [4.69, 9.17) is 21.1 Å². The van der Waals surface area contributed by atoms with E-state index in [2.05, 4.69) is 4.98 Å². The van der Waals surface area contributed by atoms with Gasteiger partial charge in [0.2, 0.25) is 5.79 Å². The van der Waals surface area contributed by atoms with E-state index in [1.54, 1.807) is 12.5 Å². The molecule has 0 saturated carbocycles. The third kappa shape index (κ3) is 2.14. The Kier molecular flexibility index (Phi) is 3.07. The number of halogens is 1. The summed E-state index contributed by atoms with van der Waals surface area (Å²) in [5, 5.41) is 0.703. The normalized spacial score (nSPS) is 18.1. The molecule has 1 aliphatic heterocycles. The van der Waals surface area contributed by atoms with Gasteiger partial charge in [-0.1, -0.05) is 23.7 Å². The average Bonchev–Trinajstić information content (AvgIpc) is 3.03. The van der Waals surface area contributed by atoms with E-state index in [9.17, 15) is 0 Å². The lowest BCUT2D eigenvalue weighted by atomic mass is 10.1. The molecule has 1 aromatic heterocycles. The number of benzene rings is 1. The molecule has 1 fully saturated rings. The van der Waals surface area contributed by atoms with Crippen molar-refractivity contribution in [3.05, 3.63) is 53.6 Å². The number of hydrogen-bond donors (Lipinski definition) is 0. The SMILES string of the molecule is Clc1ccc(C2(Cn3ccnc3)OCCO2)cc1. The van der Waals surface area contributed by atoms with Gasteiger partial charge in [-0.15, -0.1) is 0 Å². The van der Waals surface area contributed by atoms with Crippen LogP contribution in [0.5, 0.6) is 0 Å². The highest BCUT2D eigenvalue weighted by molar-refractivity contribution is 6.30. The zero-order valence-corrected chi connectivity index (χ0v) is 10.5. The van der Waals surface area contributed by atoms with Gasteiger partial charge in [-0.3, -0.25) is 0 Å². The maximum absolute atomic E-state index is 5.91. The Morgan fingerprint density at radius 2 is 1.94 bits per heavy atom. The molecule has 2 heterocycles. The second kappa shape index (κ2) is 4.72. The van der Waals surface area contributed by atoms with Crippen molar-refractivity contribution in [2.75, 3.05) is 13.2 Å². The smallest absolute Gasteiger partial charge is 0.213 e. The lowest BCUT2D eigenvalue weighted by molar-refractivity contribution is -0.176. The number of hydrogen-bond acceptors (Lipinski definition) is 3. The van der Waals surface area contributed by atoms with Crippen LogP contribution in [0.4, 0.5) is 0 Å². The fourth-order valence-electron chi connectivity index (χ4n) is 2.13. The first kappa shape index (κ1) is 11.7. The number of ether oxygens (including phenoxy) is 2. The molecule has 1 aromatic carbocycles. The van der Waals surface area contributed by atoms with Crippen LogP contribution < -0.4 is 0 Å². The monoisotopic (exact) mass is 264 g/mol. The van der Waals surface area contributed by atoms with Crippen LogP contribution in [-0.2, 0) is 21.8 Å². The highest BCUT2D eigenvalue weighted by Crippen LogP contribution is 2.33. The molecule has 0 unspecified atom stereocenters. The summed E-state index contributed by atoms with van der Waals surface area (Å²) in [6, 6.07) is 7.56. The van der Waals surface area contributed by atoms with Gasteiger partial charge in [0.1, 0.15) is 0 Å². The highest BCUT2D eigenvalue weighted by Gasteiger charge is 2.38. The van der Waals surface area contributed by atoms with Crippen molar-refractivity contribution in [2.45, 2.75) is 12.3 Å². The number of aromatic nitrogens is 2. The van der Waals surface area contributed by atoms with Crippen molar-refractivity contribution in [3.8, 4) is 0 Å². The summed E-state index contributed by atoms with van der Waals surface area (Å²) in [4.78, 5) is 4.03. The van der Waals surface area contributed by atoms with Gasteiger partial charge in [-0.05, 0) is 12.1 Å². The van der Waals surface area contributed by atoms with Crippen LogP contribution in [0.1, 0.15) is 5.56 Å². The summed E-state index contributed by atoms with van der Waals surface area (Å²) in [5.41, 5.74) is 0.970. The first-order valence-electron chi connectivity index (χ1n) is 5.78. The van der Waals surface area contributed by atoms with Gasteiger partial charge >= 0.3 is 0 Å². The van der Waals surface area contributed by atoms with Crippen molar-refractivity contribution in [2.24, 2.45) is 0 Å². The van der Waals surface area contributed by atoms with Crippen LogP contribution >= 0.6 is 11.6 Å². The predicted molar refractivity (Wildman–Crippen MR) is 67.3 cm³/mol. The summed E-state index contributed by atoms with van der Waals surface area (Å²) >= 11 is 5.91. The zero-order chi connectivity index (χ0) is 12.4. The van der Waals surface area contributed by atoms with Crippen molar-refractivity contribution in [3.63, 3.8) is 0 Å². The molecule has 0 radical (unpaired) electrons. The second-order valence-electron chi connectivity index (χ2n) is 4.19. The molecule has 0 amide bonds. The summed E-state index contributed by atoms with van der Waals surface area (Å²) in [6.45, 7) is 1.77. The molecule has 94 valence electrons. The molecule has 0 aliphatic carbocycles. The molecule has 4 nitrogen and oxygen atoms in total. The summed E-state index contributed by atoms with van der Waals surface area (Å²) in [7, 11) is 0. The van der Waals surface area contributed by atoms with Crippen LogP contribution in [0.15, 0.2) is 43.0 Å². The fraction of sp³-hybridized carbons (Fsp3) is 0.308. The van der Waals surface area contributed by atoms with Crippen LogP contribution in [0.2, 0.25) is 5.02 Å². The first-order valence-corrected chi connectivity index (χ1v) is 6.16. The van der Waals surface area contributed by atoms with Crippen molar-refractivity contribution in [1.82, 2.24) is 9.55 Å². The van der Waals surface area contributed by atoms with E-state index in [1.165, 1.54) is 0 Å². The minimum atomic E-state index is -0.731. The first-order chi connectivity index (χ1) is 8.78. The van der Waals surface area contributed by atoms with Gasteiger partial charge in [0, 0.05) is 23.0 Å². The number of nitrogens with zero attached hydrogens (tertiary/aromatic N) is 2. The second-order valence-corrected chi connectivity index (χ2v) is 4.63. The number of rotatable bonds is 3. The van der Waals surface area contributed by atoms with Gasteiger partial charge < -0.3 is 14.0 Å². The minimum absolute atomic E-state index is 0.578. The summed E-state index contributed by atoms with van der Waals surface area (Å²) < 4.78 is 13.6. The largest absolute Gasteiger partial charge is 0.342 e. The molecule has 18 heavy (non-hydrogen) atoms. The van der Waals surface area contributed by atoms with Crippen molar-refractivity contribution >= 4 is 11.6 Å². The Balaban J connectivity index is 1.93. The summed E-state index contributed by atoms with van der Waals surface area (Å²) in [6.07, 6.45) is 5.38.